The van der Waals surface area contributed by atoms with Crippen LogP contribution in [0.3, 0.4) is 0 Å². The second kappa shape index (κ2) is 6.34. The summed E-state index contributed by atoms with van der Waals surface area (Å²) in [4.78, 5) is 22.4. The Morgan fingerprint density at radius 1 is 1.50 bits per heavy atom. The molecule has 0 spiro atoms. The summed E-state index contributed by atoms with van der Waals surface area (Å²) in [6.07, 6.45) is 0.277. The number of nitriles is 1. The van der Waals surface area contributed by atoms with E-state index in [1.807, 2.05) is 6.07 Å². The van der Waals surface area contributed by atoms with E-state index in [1.54, 1.807) is 20.8 Å². The number of aryl methyl sites for hydroxylation is 1. The van der Waals surface area contributed by atoms with Crippen LogP contribution in [0, 0.1) is 18.3 Å². The first-order chi connectivity index (χ1) is 9.25. The van der Waals surface area contributed by atoms with Crippen LogP contribution in [0.25, 0.3) is 0 Å². The van der Waals surface area contributed by atoms with Crippen molar-refractivity contribution in [2.24, 2.45) is 0 Å². The minimum absolute atomic E-state index is 0.0314. The first-order valence-corrected chi connectivity index (χ1v) is 6.70. The zero-order valence-corrected chi connectivity index (χ0v) is 12.3. The lowest BCUT2D eigenvalue weighted by Gasteiger charge is -2.25. The Balaban J connectivity index is 2.63. The summed E-state index contributed by atoms with van der Waals surface area (Å²) in [5, 5.41) is 23.2. The van der Waals surface area contributed by atoms with Crippen molar-refractivity contribution < 1.29 is 14.7 Å². The molecule has 8 heteroatoms. The fraction of sp³-hybridized carbons (Fsp3) is 0.500. The molecule has 0 fully saturated rings. The minimum atomic E-state index is -0.912. The van der Waals surface area contributed by atoms with Crippen LogP contribution in [-0.2, 0) is 4.79 Å². The van der Waals surface area contributed by atoms with E-state index in [-0.39, 0.29) is 6.42 Å². The van der Waals surface area contributed by atoms with Crippen molar-refractivity contribution in [3.63, 3.8) is 0 Å². The van der Waals surface area contributed by atoms with Gasteiger partial charge in [0, 0.05) is 12.0 Å². The fourth-order valence-corrected chi connectivity index (χ4v) is 2.25. The molecule has 0 saturated heterocycles. The van der Waals surface area contributed by atoms with E-state index in [0.29, 0.717) is 22.7 Å². The van der Waals surface area contributed by atoms with E-state index >= 15 is 0 Å². The Bertz CT molecular complexity index is 560. The number of hydrogen-bond acceptors (Lipinski definition) is 5. The number of anilines is 1. The highest BCUT2D eigenvalue weighted by molar-refractivity contribution is 7.10. The quantitative estimate of drug-likeness (QED) is 0.769. The van der Waals surface area contributed by atoms with Crippen LogP contribution < -0.4 is 10.6 Å². The zero-order valence-electron chi connectivity index (χ0n) is 11.5. The SMILES string of the molecule is Cc1nsc(NC(=O)NC(C)(C)CCC(=O)O)c1C#N. The van der Waals surface area contributed by atoms with Gasteiger partial charge < -0.3 is 10.4 Å². The molecule has 0 radical (unpaired) electrons. The van der Waals surface area contributed by atoms with E-state index in [0.717, 1.165) is 11.5 Å². The Hall–Kier alpha value is -2.14. The average molecular weight is 296 g/mol. The lowest BCUT2D eigenvalue weighted by molar-refractivity contribution is -0.137. The van der Waals surface area contributed by atoms with Gasteiger partial charge in [0.2, 0.25) is 0 Å². The number of aromatic nitrogens is 1. The smallest absolute Gasteiger partial charge is 0.320 e. The van der Waals surface area contributed by atoms with Crippen LogP contribution in [0.4, 0.5) is 9.80 Å². The number of rotatable bonds is 5. The van der Waals surface area contributed by atoms with Gasteiger partial charge >= 0.3 is 12.0 Å². The van der Waals surface area contributed by atoms with Crippen LogP contribution in [0.15, 0.2) is 0 Å². The van der Waals surface area contributed by atoms with E-state index in [9.17, 15) is 9.59 Å². The van der Waals surface area contributed by atoms with Gasteiger partial charge in [0.05, 0.1) is 5.69 Å². The number of carbonyl (C=O) groups is 2. The fourth-order valence-electron chi connectivity index (χ4n) is 1.51. The van der Waals surface area contributed by atoms with E-state index in [1.165, 1.54) is 0 Å². The standard InChI is InChI=1S/C12H16N4O3S/c1-7-8(6-13)10(20-16-7)14-11(19)15-12(2,3)5-4-9(17)18/h4-5H2,1-3H3,(H,17,18)(H2,14,15,19). The summed E-state index contributed by atoms with van der Waals surface area (Å²) in [5.41, 5.74) is 0.251. The first kappa shape index (κ1) is 15.9. The van der Waals surface area contributed by atoms with Gasteiger partial charge in [-0.05, 0) is 38.7 Å². The summed E-state index contributed by atoms with van der Waals surface area (Å²) in [6, 6.07) is 1.49. The lowest BCUT2D eigenvalue weighted by atomic mass is 9.99. The molecule has 0 bridgehead atoms. The molecule has 1 aromatic rings. The Kier molecular flexibility index (Phi) is 5.05. The lowest BCUT2D eigenvalue weighted by Crippen LogP contribution is -2.45. The molecule has 1 rings (SSSR count). The summed E-state index contributed by atoms with van der Waals surface area (Å²) in [5.74, 6) is -0.912. The van der Waals surface area contributed by atoms with Crippen molar-refractivity contribution in [2.45, 2.75) is 39.2 Å². The van der Waals surface area contributed by atoms with Crippen molar-refractivity contribution in [1.82, 2.24) is 9.69 Å². The minimum Gasteiger partial charge on any atom is -0.481 e. The molecule has 108 valence electrons. The maximum atomic E-state index is 11.8. The third kappa shape index (κ3) is 4.51. The molecule has 1 heterocycles. The highest BCUT2D eigenvalue weighted by Crippen LogP contribution is 2.23. The van der Waals surface area contributed by atoms with Crippen molar-refractivity contribution in [3.05, 3.63) is 11.3 Å². The number of hydrogen-bond donors (Lipinski definition) is 3. The Labute approximate surface area is 120 Å². The maximum absolute atomic E-state index is 11.8. The topological polar surface area (TPSA) is 115 Å². The molecule has 0 aromatic carbocycles. The number of amides is 2. The normalized spacial score (nSPS) is 10.7. The zero-order chi connectivity index (χ0) is 15.3. The Morgan fingerprint density at radius 2 is 2.15 bits per heavy atom. The van der Waals surface area contributed by atoms with E-state index in [2.05, 4.69) is 15.0 Å². The predicted molar refractivity (Wildman–Crippen MR) is 74.7 cm³/mol. The van der Waals surface area contributed by atoms with Gasteiger partial charge in [-0.3, -0.25) is 10.1 Å². The third-order valence-corrected chi connectivity index (χ3v) is 3.47. The van der Waals surface area contributed by atoms with Crippen molar-refractivity contribution in [2.75, 3.05) is 5.32 Å². The van der Waals surface area contributed by atoms with E-state index < -0.39 is 17.5 Å². The van der Waals surface area contributed by atoms with Crippen LogP contribution in [0.1, 0.15) is 37.9 Å². The van der Waals surface area contributed by atoms with Crippen LogP contribution in [0.2, 0.25) is 0 Å². The molecular formula is C12H16N4O3S. The van der Waals surface area contributed by atoms with E-state index in [4.69, 9.17) is 10.4 Å². The molecule has 0 aliphatic heterocycles. The molecule has 0 saturated carbocycles. The van der Waals surface area contributed by atoms with Crippen LogP contribution in [-0.4, -0.2) is 27.0 Å². The van der Waals surface area contributed by atoms with Gasteiger partial charge in [-0.1, -0.05) is 0 Å². The molecule has 20 heavy (non-hydrogen) atoms. The number of carbonyl (C=O) groups excluding carboxylic acids is 1. The highest BCUT2D eigenvalue weighted by Gasteiger charge is 2.22. The van der Waals surface area contributed by atoms with Crippen molar-refractivity contribution >= 4 is 28.5 Å². The molecule has 0 aliphatic rings. The summed E-state index contributed by atoms with van der Waals surface area (Å²) in [7, 11) is 0. The van der Waals surface area contributed by atoms with Crippen LogP contribution in [0.5, 0.6) is 0 Å². The largest absolute Gasteiger partial charge is 0.481 e. The van der Waals surface area contributed by atoms with Gasteiger partial charge in [-0.2, -0.15) is 9.64 Å². The van der Waals surface area contributed by atoms with Crippen molar-refractivity contribution in [3.8, 4) is 6.07 Å². The summed E-state index contributed by atoms with van der Waals surface area (Å²) < 4.78 is 4.00. The number of nitrogens with one attached hydrogen (secondary N) is 2. The molecule has 0 aliphatic carbocycles. The predicted octanol–water partition coefficient (Wildman–Crippen LogP) is 2.09. The average Bonchev–Trinajstić information content (AvgIpc) is 2.66. The van der Waals surface area contributed by atoms with Gasteiger partial charge in [0.15, 0.2) is 0 Å². The molecule has 0 atom stereocenters. The second-order valence-corrected chi connectivity index (χ2v) is 5.71. The molecule has 2 amide bonds. The maximum Gasteiger partial charge on any atom is 0.320 e. The molecule has 1 aromatic heterocycles. The van der Waals surface area contributed by atoms with Gasteiger partial charge in [-0.15, -0.1) is 0 Å². The van der Waals surface area contributed by atoms with Crippen molar-refractivity contribution in [1.29, 1.82) is 5.26 Å². The number of aliphatic carboxylic acids is 1. The highest BCUT2D eigenvalue weighted by atomic mass is 32.1. The Morgan fingerprint density at radius 3 is 2.70 bits per heavy atom. The van der Waals surface area contributed by atoms with Gasteiger partial charge in [0.1, 0.15) is 16.6 Å². The number of carboxylic acid groups (broad SMARTS) is 1. The number of urea groups is 1. The number of carboxylic acids is 1. The van der Waals surface area contributed by atoms with Gasteiger partial charge in [-0.25, -0.2) is 4.79 Å². The van der Waals surface area contributed by atoms with Gasteiger partial charge in [0.25, 0.3) is 0 Å². The molecular weight excluding hydrogens is 280 g/mol. The second-order valence-electron chi connectivity index (χ2n) is 4.94. The first-order valence-electron chi connectivity index (χ1n) is 5.92. The monoisotopic (exact) mass is 296 g/mol. The number of nitrogens with zero attached hydrogens (tertiary/aromatic N) is 2. The van der Waals surface area contributed by atoms with Crippen LogP contribution >= 0.6 is 11.5 Å². The third-order valence-electron chi connectivity index (χ3n) is 2.62. The molecule has 0 unspecified atom stereocenters. The summed E-state index contributed by atoms with van der Waals surface area (Å²) in [6.45, 7) is 5.16. The molecule has 3 N–H and O–H groups in total. The molecule has 7 nitrogen and oxygen atoms in total. The summed E-state index contributed by atoms with van der Waals surface area (Å²) >= 11 is 1.03.